The zero-order valence-corrected chi connectivity index (χ0v) is 10.9. The van der Waals surface area contributed by atoms with E-state index in [0.717, 1.165) is 17.5 Å². The molecule has 0 amide bonds. The predicted octanol–water partition coefficient (Wildman–Crippen LogP) is 2.47. The Kier molecular flexibility index (Phi) is 3.32. The molecule has 3 heteroatoms. The summed E-state index contributed by atoms with van der Waals surface area (Å²) in [6.45, 7) is 6.02. The second-order valence-corrected chi connectivity index (χ2v) is 4.73. The molecule has 0 aliphatic carbocycles. The van der Waals surface area contributed by atoms with E-state index in [1.54, 1.807) is 0 Å². The molecule has 0 bridgehead atoms. The molecule has 1 unspecified atom stereocenters. The van der Waals surface area contributed by atoms with Crippen LogP contribution in [-0.4, -0.2) is 6.04 Å². The molecular weight excluding hydrogens is 226 g/mol. The van der Waals surface area contributed by atoms with Gasteiger partial charge in [-0.1, -0.05) is 36.8 Å². The van der Waals surface area contributed by atoms with E-state index in [1.807, 2.05) is 45.0 Å². The maximum Gasteiger partial charge on any atom is 0.250 e. The van der Waals surface area contributed by atoms with Gasteiger partial charge in [-0.05, 0) is 25.8 Å². The summed E-state index contributed by atoms with van der Waals surface area (Å²) < 4.78 is 0. The summed E-state index contributed by atoms with van der Waals surface area (Å²) in [6.07, 6.45) is 0.909. The molecular formula is C15H17NO2. The fourth-order valence-corrected chi connectivity index (χ4v) is 1.87. The first-order chi connectivity index (χ1) is 8.54. The lowest BCUT2D eigenvalue weighted by Crippen LogP contribution is -2.38. The van der Waals surface area contributed by atoms with E-state index in [4.69, 9.17) is 0 Å². The van der Waals surface area contributed by atoms with Gasteiger partial charge in [0.2, 0.25) is 10.9 Å². The van der Waals surface area contributed by atoms with Crippen molar-refractivity contribution in [2.45, 2.75) is 33.2 Å². The number of hydrogen-bond donors (Lipinski definition) is 1. The van der Waals surface area contributed by atoms with Gasteiger partial charge >= 0.3 is 0 Å². The molecule has 0 aliphatic rings. The van der Waals surface area contributed by atoms with E-state index in [1.165, 1.54) is 0 Å². The third kappa shape index (κ3) is 2.08. The molecule has 94 valence electrons. The van der Waals surface area contributed by atoms with Crippen LogP contribution in [0.2, 0.25) is 0 Å². The third-order valence-corrected chi connectivity index (χ3v) is 3.25. The van der Waals surface area contributed by atoms with Crippen LogP contribution in [0.3, 0.4) is 0 Å². The fourth-order valence-electron chi connectivity index (χ4n) is 1.87. The predicted molar refractivity (Wildman–Crippen MR) is 74.9 cm³/mol. The molecule has 0 saturated heterocycles. The van der Waals surface area contributed by atoms with Crippen molar-refractivity contribution in [2.24, 2.45) is 0 Å². The highest BCUT2D eigenvalue weighted by atomic mass is 16.2. The molecule has 0 fully saturated rings. The molecule has 1 atom stereocenters. The highest BCUT2D eigenvalue weighted by Crippen LogP contribution is 2.24. The number of aryl methyl sites for hydroxylation is 1. The maximum atomic E-state index is 11.7. The van der Waals surface area contributed by atoms with Crippen LogP contribution in [0.15, 0.2) is 33.9 Å². The van der Waals surface area contributed by atoms with Crippen molar-refractivity contribution < 1.29 is 0 Å². The molecule has 0 aromatic heterocycles. The lowest BCUT2D eigenvalue weighted by atomic mass is 9.97. The first kappa shape index (κ1) is 12.6. The normalized spacial score (nSPS) is 12.6. The summed E-state index contributed by atoms with van der Waals surface area (Å²) in [5.41, 5.74) is 2.17. The van der Waals surface area contributed by atoms with Crippen LogP contribution >= 0.6 is 0 Å². The van der Waals surface area contributed by atoms with Crippen molar-refractivity contribution in [2.75, 3.05) is 5.32 Å². The molecule has 3 nitrogen and oxygen atoms in total. The van der Waals surface area contributed by atoms with Gasteiger partial charge in [-0.25, -0.2) is 0 Å². The Bertz CT molecular complexity index is 619. The minimum absolute atomic E-state index is 0.192. The van der Waals surface area contributed by atoms with Crippen LogP contribution in [-0.2, 0) is 0 Å². The number of hydrogen-bond acceptors (Lipinski definition) is 3. The molecule has 2 aromatic rings. The number of benzene rings is 1. The van der Waals surface area contributed by atoms with Gasteiger partial charge in [0, 0.05) is 6.04 Å². The topological polar surface area (TPSA) is 46.2 Å². The minimum Gasteiger partial charge on any atom is -0.379 e. The van der Waals surface area contributed by atoms with E-state index in [-0.39, 0.29) is 11.5 Å². The lowest BCUT2D eigenvalue weighted by Gasteiger charge is -2.17. The minimum atomic E-state index is -0.397. The maximum absolute atomic E-state index is 11.7. The van der Waals surface area contributed by atoms with Gasteiger partial charge in [0.05, 0.1) is 11.3 Å². The van der Waals surface area contributed by atoms with Crippen LogP contribution in [0, 0.1) is 6.92 Å². The van der Waals surface area contributed by atoms with Gasteiger partial charge in [0.25, 0.3) is 0 Å². The van der Waals surface area contributed by atoms with Crippen molar-refractivity contribution in [3.63, 3.8) is 0 Å². The Hall–Kier alpha value is -1.90. The van der Waals surface area contributed by atoms with Crippen LogP contribution in [0.1, 0.15) is 25.8 Å². The molecule has 1 N–H and O–H groups in total. The highest BCUT2D eigenvalue weighted by molar-refractivity contribution is 5.82. The second kappa shape index (κ2) is 4.77. The van der Waals surface area contributed by atoms with E-state index >= 15 is 0 Å². The highest BCUT2D eigenvalue weighted by Gasteiger charge is 2.22. The summed E-state index contributed by atoms with van der Waals surface area (Å²) in [5, 5.41) is 3.12. The van der Waals surface area contributed by atoms with Crippen molar-refractivity contribution in [1.82, 2.24) is 0 Å². The molecule has 2 rings (SSSR count). The molecule has 0 radical (unpaired) electrons. The summed E-state index contributed by atoms with van der Waals surface area (Å²) in [5.74, 6) is 0. The van der Waals surface area contributed by atoms with Crippen LogP contribution in [0.5, 0.6) is 0 Å². The Morgan fingerprint density at radius 3 is 2.28 bits per heavy atom. The lowest BCUT2D eigenvalue weighted by molar-refractivity contribution is 0.762. The Morgan fingerprint density at radius 1 is 1.11 bits per heavy atom. The molecule has 0 aliphatic heterocycles. The first-order valence-corrected chi connectivity index (χ1v) is 6.21. The molecule has 0 heterocycles. The number of nitrogens with one attached hydrogen (secondary N) is 1. The Labute approximate surface area is 106 Å². The van der Waals surface area contributed by atoms with Crippen molar-refractivity contribution in [1.29, 1.82) is 0 Å². The van der Waals surface area contributed by atoms with Gasteiger partial charge in [-0.2, -0.15) is 0 Å². The second-order valence-electron chi connectivity index (χ2n) is 4.73. The van der Waals surface area contributed by atoms with E-state index in [0.29, 0.717) is 11.3 Å². The van der Waals surface area contributed by atoms with Crippen LogP contribution in [0.4, 0.5) is 5.69 Å². The average molecular weight is 243 g/mol. The van der Waals surface area contributed by atoms with Crippen LogP contribution < -0.4 is 16.2 Å². The van der Waals surface area contributed by atoms with Crippen molar-refractivity contribution in [3.05, 3.63) is 50.3 Å². The summed E-state index contributed by atoms with van der Waals surface area (Å²) in [4.78, 5) is 23.3. The summed E-state index contributed by atoms with van der Waals surface area (Å²) in [7, 11) is 0. The van der Waals surface area contributed by atoms with Crippen molar-refractivity contribution >= 4 is 5.69 Å². The van der Waals surface area contributed by atoms with E-state index < -0.39 is 5.43 Å². The van der Waals surface area contributed by atoms with Crippen LogP contribution in [0.25, 0.3) is 11.1 Å². The molecule has 0 saturated carbocycles. The van der Waals surface area contributed by atoms with Gasteiger partial charge in [-0.3, -0.25) is 9.59 Å². The largest absolute Gasteiger partial charge is 0.379 e. The van der Waals surface area contributed by atoms with E-state index in [9.17, 15) is 9.59 Å². The van der Waals surface area contributed by atoms with Gasteiger partial charge in [0.1, 0.15) is 0 Å². The summed E-state index contributed by atoms with van der Waals surface area (Å²) >= 11 is 0. The Balaban J connectivity index is 2.40. The number of anilines is 1. The standard InChI is InChI=1S/C15H17NO2/c1-4-10(3)16-13-12(14(17)15(13)18)11-7-5-9(2)6-8-11/h5-8,10,16H,4H2,1-3H3. The van der Waals surface area contributed by atoms with Crippen molar-refractivity contribution in [3.8, 4) is 11.1 Å². The SMILES string of the molecule is CCC(C)Nc1c(-c2ccc(C)cc2)c(=O)c1=O. The quantitative estimate of drug-likeness (QED) is 0.839. The zero-order valence-electron chi connectivity index (χ0n) is 10.9. The fraction of sp³-hybridized carbons (Fsp3) is 0.333. The third-order valence-electron chi connectivity index (χ3n) is 3.25. The zero-order chi connectivity index (χ0) is 13.3. The molecule has 0 spiro atoms. The molecule has 18 heavy (non-hydrogen) atoms. The van der Waals surface area contributed by atoms with E-state index in [2.05, 4.69) is 5.32 Å². The van der Waals surface area contributed by atoms with Gasteiger partial charge < -0.3 is 5.32 Å². The smallest absolute Gasteiger partial charge is 0.250 e. The Morgan fingerprint density at radius 2 is 1.72 bits per heavy atom. The molecule has 2 aromatic carbocycles. The summed E-state index contributed by atoms with van der Waals surface area (Å²) in [6, 6.07) is 7.84. The number of rotatable bonds is 4. The van der Waals surface area contributed by atoms with Gasteiger partial charge in [-0.15, -0.1) is 0 Å². The average Bonchev–Trinajstić information content (AvgIpc) is 2.39. The first-order valence-electron chi connectivity index (χ1n) is 6.21. The van der Waals surface area contributed by atoms with Gasteiger partial charge in [0.15, 0.2) is 0 Å². The monoisotopic (exact) mass is 243 g/mol.